The lowest BCUT2D eigenvalue weighted by atomic mass is 10.1. The molecule has 4 heteroatoms. The maximum atomic E-state index is 11.4. The van der Waals surface area contributed by atoms with E-state index in [0.717, 1.165) is 17.8 Å². The molecule has 0 fully saturated rings. The highest BCUT2D eigenvalue weighted by Crippen LogP contribution is 2.12. The molecule has 0 unspecified atom stereocenters. The molecule has 0 atom stereocenters. The van der Waals surface area contributed by atoms with E-state index in [1.54, 1.807) is 18.3 Å². The van der Waals surface area contributed by atoms with E-state index in [2.05, 4.69) is 91.8 Å². The summed E-state index contributed by atoms with van der Waals surface area (Å²) in [6, 6.07) is 12.2. The van der Waals surface area contributed by atoms with Crippen molar-refractivity contribution in [3.8, 4) is 0 Å². The summed E-state index contributed by atoms with van der Waals surface area (Å²) in [5, 5.41) is 0. The molecule has 1 aromatic heterocycles. The summed E-state index contributed by atoms with van der Waals surface area (Å²) in [5.41, 5.74) is 8.69. The summed E-state index contributed by atoms with van der Waals surface area (Å²) >= 11 is 0. The van der Waals surface area contributed by atoms with Crippen LogP contribution in [0, 0.1) is 6.92 Å². The molecule has 0 N–H and O–H groups in total. The van der Waals surface area contributed by atoms with Gasteiger partial charge in [-0.3, -0.25) is 9.98 Å². The first-order valence-corrected chi connectivity index (χ1v) is 16.4. The second-order valence-electron chi connectivity index (χ2n) is 10.4. The third kappa shape index (κ3) is 20.4. The molecule has 0 aliphatic heterocycles. The highest BCUT2D eigenvalue weighted by molar-refractivity contribution is 5.99. The van der Waals surface area contributed by atoms with Crippen molar-refractivity contribution in [3.63, 3.8) is 0 Å². The number of hydrogen-bond donors (Lipinski definition) is 0. The summed E-state index contributed by atoms with van der Waals surface area (Å²) in [6.07, 6.45) is 20.5. The molecule has 44 heavy (non-hydrogen) atoms. The van der Waals surface area contributed by atoms with Crippen molar-refractivity contribution < 1.29 is 9.53 Å². The number of rotatable bonds is 12. The average molecular weight is 603 g/mol. The van der Waals surface area contributed by atoms with Gasteiger partial charge in [-0.05, 0) is 90.5 Å². The van der Waals surface area contributed by atoms with Gasteiger partial charge in [-0.25, -0.2) is 4.79 Å². The Balaban J connectivity index is 0. The number of ether oxygens (including phenoxy) is 1. The monoisotopic (exact) mass is 602 g/mol. The number of carbonyl (C=O) groups excluding carboxylic acids is 1. The standard InChI is InChI=1S/C14H18N2O2.C12H18.C12H20.C2H6/c1-5-12(6-2)16-10(3)13-9-11(7-8-15-13)14(17)18-4;1-3-4-5-6-12-9-7-11(2)8-10-12;1-5-7-8-10-12(9-6-2)11(3)4;1-2/h5,7-9H,6H2,1-4H3;7-10H,3-6H2,1-2H3;5,7-8,10H,6,9H2,1-4H3;1-2H3/b12-5-,16-10?;;7-5-,10-8-;. The van der Waals surface area contributed by atoms with E-state index in [9.17, 15) is 4.79 Å². The van der Waals surface area contributed by atoms with Crippen LogP contribution in [0.1, 0.15) is 135 Å². The maximum absolute atomic E-state index is 11.4. The zero-order valence-corrected chi connectivity index (χ0v) is 30.1. The Morgan fingerprint density at radius 2 is 1.59 bits per heavy atom. The van der Waals surface area contributed by atoms with Gasteiger partial charge < -0.3 is 4.74 Å². The first-order chi connectivity index (χ1) is 21.2. The zero-order valence-electron chi connectivity index (χ0n) is 30.1. The lowest BCUT2D eigenvalue weighted by molar-refractivity contribution is 0.0600. The SMILES string of the molecule is C/C=C(/CC)N=C(C)c1cc(C(=O)OC)ccn1.C/C=C\C=C/C(CCC)=C(C)C.CC.CCCCCc1ccc(C)cc1. The topological polar surface area (TPSA) is 51.5 Å². The largest absolute Gasteiger partial charge is 0.465 e. The second-order valence-corrected chi connectivity index (χ2v) is 10.4. The predicted molar refractivity (Wildman–Crippen MR) is 195 cm³/mol. The van der Waals surface area contributed by atoms with Crippen molar-refractivity contribution in [2.24, 2.45) is 4.99 Å². The molecule has 0 amide bonds. The molecule has 0 aliphatic carbocycles. The number of aromatic nitrogens is 1. The number of nitrogens with zero attached hydrogens (tertiary/aromatic N) is 2. The number of methoxy groups -OCH3 is 1. The van der Waals surface area contributed by atoms with Gasteiger partial charge >= 0.3 is 5.97 Å². The quantitative estimate of drug-likeness (QED) is 0.105. The Kier molecular flexibility index (Phi) is 27.4. The molecule has 0 aliphatic rings. The van der Waals surface area contributed by atoms with E-state index < -0.39 is 0 Å². The number of unbranched alkanes of at least 4 members (excludes halogenated alkanes) is 2. The zero-order chi connectivity index (χ0) is 33.8. The number of esters is 1. The van der Waals surface area contributed by atoms with Gasteiger partial charge in [0.1, 0.15) is 0 Å². The van der Waals surface area contributed by atoms with Gasteiger partial charge in [-0.1, -0.05) is 120 Å². The Morgan fingerprint density at radius 1 is 0.932 bits per heavy atom. The summed E-state index contributed by atoms with van der Waals surface area (Å²) in [5.74, 6) is -0.367. The number of aryl methyl sites for hydroxylation is 2. The Morgan fingerprint density at radius 3 is 2.09 bits per heavy atom. The minimum absolute atomic E-state index is 0.367. The first-order valence-electron chi connectivity index (χ1n) is 16.4. The molecule has 1 aromatic carbocycles. The number of benzene rings is 1. The molecule has 0 spiro atoms. The Labute approximate surface area is 271 Å². The van der Waals surface area contributed by atoms with Crippen LogP contribution >= 0.6 is 0 Å². The lowest BCUT2D eigenvalue weighted by Gasteiger charge is -2.04. The van der Waals surface area contributed by atoms with Crippen LogP contribution in [0.3, 0.4) is 0 Å². The molecular formula is C40H62N2O2. The Bertz CT molecular complexity index is 1180. The van der Waals surface area contributed by atoms with Crippen LogP contribution in [0.2, 0.25) is 0 Å². The third-order valence-corrected chi connectivity index (χ3v) is 6.51. The van der Waals surface area contributed by atoms with Gasteiger partial charge in [0.2, 0.25) is 0 Å². The number of carbonyl (C=O) groups is 1. The summed E-state index contributed by atoms with van der Waals surface area (Å²) in [7, 11) is 1.36. The van der Waals surface area contributed by atoms with Crippen molar-refractivity contribution in [2.45, 2.75) is 121 Å². The van der Waals surface area contributed by atoms with Crippen LogP contribution in [0.25, 0.3) is 0 Å². The molecule has 0 bridgehead atoms. The van der Waals surface area contributed by atoms with Crippen LogP contribution in [-0.2, 0) is 11.2 Å². The lowest BCUT2D eigenvalue weighted by Crippen LogP contribution is -2.05. The van der Waals surface area contributed by atoms with Crippen molar-refractivity contribution >= 4 is 11.7 Å². The van der Waals surface area contributed by atoms with Crippen molar-refractivity contribution in [3.05, 3.63) is 112 Å². The van der Waals surface area contributed by atoms with Crippen LogP contribution in [-0.4, -0.2) is 23.8 Å². The molecule has 2 rings (SSSR count). The number of allylic oxidation sites excluding steroid dienone is 8. The fourth-order valence-corrected chi connectivity index (χ4v) is 3.88. The summed E-state index contributed by atoms with van der Waals surface area (Å²) in [6.45, 7) is 22.8. The molecule has 1 heterocycles. The molecular weight excluding hydrogens is 540 g/mol. The Hall–Kier alpha value is -3.53. The van der Waals surface area contributed by atoms with Gasteiger partial charge in [0.05, 0.1) is 24.1 Å². The van der Waals surface area contributed by atoms with E-state index in [4.69, 9.17) is 0 Å². The fraction of sp³-hybridized carbons (Fsp3) is 0.475. The van der Waals surface area contributed by atoms with Crippen LogP contribution in [0.15, 0.2) is 94.8 Å². The van der Waals surface area contributed by atoms with Crippen molar-refractivity contribution in [1.82, 2.24) is 4.98 Å². The second kappa shape index (κ2) is 28.3. The summed E-state index contributed by atoms with van der Waals surface area (Å²) in [4.78, 5) is 20.1. The fourth-order valence-electron chi connectivity index (χ4n) is 3.88. The third-order valence-electron chi connectivity index (χ3n) is 6.51. The molecule has 244 valence electrons. The van der Waals surface area contributed by atoms with E-state index >= 15 is 0 Å². The normalized spacial score (nSPS) is 11.1. The molecule has 0 saturated carbocycles. The summed E-state index contributed by atoms with van der Waals surface area (Å²) < 4.78 is 4.68. The van der Waals surface area contributed by atoms with Gasteiger partial charge in [-0.2, -0.15) is 0 Å². The minimum Gasteiger partial charge on any atom is -0.465 e. The van der Waals surface area contributed by atoms with Crippen LogP contribution < -0.4 is 0 Å². The van der Waals surface area contributed by atoms with Gasteiger partial charge in [-0.15, -0.1) is 0 Å². The first kappa shape index (κ1) is 42.6. The predicted octanol–water partition coefficient (Wildman–Crippen LogP) is 12.0. The highest BCUT2D eigenvalue weighted by Gasteiger charge is 2.08. The number of pyridine rings is 1. The van der Waals surface area contributed by atoms with E-state index in [1.165, 1.54) is 67.9 Å². The average Bonchev–Trinajstić information content (AvgIpc) is 3.05. The van der Waals surface area contributed by atoms with Gasteiger partial charge in [0, 0.05) is 11.9 Å². The van der Waals surface area contributed by atoms with Crippen molar-refractivity contribution in [1.29, 1.82) is 0 Å². The van der Waals surface area contributed by atoms with E-state index in [0.29, 0.717) is 11.3 Å². The molecule has 2 aromatic rings. The maximum Gasteiger partial charge on any atom is 0.337 e. The van der Waals surface area contributed by atoms with Gasteiger partial charge in [0.15, 0.2) is 0 Å². The number of hydrogen-bond acceptors (Lipinski definition) is 4. The smallest absolute Gasteiger partial charge is 0.337 e. The van der Waals surface area contributed by atoms with E-state index in [1.807, 2.05) is 53.7 Å². The highest BCUT2D eigenvalue weighted by atomic mass is 16.5. The van der Waals surface area contributed by atoms with Gasteiger partial charge in [0.25, 0.3) is 0 Å². The molecule has 0 saturated heterocycles. The molecule has 4 nitrogen and oxygen atoms in total. The molecule has 0 radical (unpaired) electrons. The van der Waals surface area contributed by atoms with E-state index in [-0.39, 0.29) is 5.97 Å². The minimum atomic E-state index is -0.367. The van der Waals surface area contributed by atoms with Crippen molar-refractivity contribution in [2.75, 3.05) is 7.11 Å². The van der Waals surface area contributed by atoms with Crippen LogP contribution in [0.4, 0.5) is 0 Å². The van der Waals surface area contributed by atoms with Crippen LogP contribution in [0.5, 0.6) is 0 Å². The number of aliphatic imine (C=N–C) groups is 1.